The zero-order valence-electron chi connectivity index (χ0n) is 17.3. The largest absolute Gasteiger partial charge is 0.399 e. The topological polar surface area (TPSA) is 114 Å². The van der Waals surface area contributed by atoms with E-state index >= 15 is 0 Å². The quantitative estimate of drug-likeness (QED) is 0.497. The lowest BCUT2D eigenvalue weighted by molar-refractivity contribution is -0.120. The molecule has 166 valence electrons. The van der Waals surface area contributed by atoms with Crippen LogP contribution in [0.5, 0.6) is 0 Å². The lowest BCUT2D eigenvalue weighted by atomic mass is 9.97. The van der Waals surface area contributed by atoms with E-state index in [-0.39, 0.29) is 27.2 Å². The van der Waals surface area contributed by atoms with Crippen molar-refractivity contribution in [1.29, 1.82) is 0 Å². The van der Waals surface area contributed by atoms with Gasteiger partial charge in [0.1, 0.15) is 0 Å². The van der Waals surface area contributed by atoms with Gasteiger partial charge in [-0.3, -0.25) is 9.59 Å². The van der Waals surface area contributed by atoms with Crippen LogP contribution < -0.4 is 21.7 Å². The van der Waals surface area contributed by atoms with Crippen molar-refractivity contribution in [3.05, 3.63) is 86.9 Å². The first-order chi connectivity index (χ1) is 15.8. The van der Waals surface area contributed by atoms with Crippen LogP contribution in [0.15, 0.2) is 59.6 Å². The van der Waals surface area contributed by atoms with Gasteiger partial charge in [-0.05, 0) is 36.2 Å². The Hall–Kier alpha value is -3.55. The van der Waals surface area contributed by atoms with Crippen LogP contribution in [0.25, 0.3) is 0 Å². The Kier molecular flexibility index (Phi) is 5.23. The molecule has 2 aliphatic heterocycles. The van der Waals surface area contributed by atoms with Gasteiger partial charge in [-0.15, -0.1) is 0 Å². The molecule has 0 saturated carbocycles. The maximum atomic E-state index is 13.5. The molecule has 0 bridgehead atoms. The van der Waals surface area contributed by atoms with Crippen LogP contribution in [0, 0.1) is 0 Å². The van der Waals surface area contributed by atoms with Crippen molar-refractivity contribution in [2.45, 2.75) is 12.6 Å². The molecule has 9 heteroatoms. The van der Waals surface area contributed by atoms with Crippen LogP contribution in [0.2, 0.25) is 10.0 Å². The first-order valence-electron chi connectivity index (χ1n) is 10.3. The molecule has 0 fully saturated rings. The van der Waals surface area contributed by atoms with Crippen molar-refractivity contribution in [3.63, 3.8) is 0 Å². The van der Waals surface area contributed by atoms with E-state index in [1.54, 1.807) is 4.90 Å². The van der Waals surface area contributed by atoms with E-state index in [4.69, 9.17) is 39.7 Å². The second kappa shape index (κ2) is 8.10. The number of amides is 2. The lowest BCUT2D eigenvalue weighted by Gasteiger charge is -2.21. The zero-order chi connectivity index (χ0) is 23.3. The highest BCUT2D eigenvalue weighted by Crippen LogP contribution is 2.38. The number of benzene rings is 3. The second-order valence-electron chi connectivity index (χ2n) is 7.89. The predicted octanol–water partition coefficient (Wildman–Crippen LogP) is 3.65. The third-order valence-electron chi connectivity index (χ3n) is 5.76. The van der Waals surface area contributed by atoms with Gasteiger partial charge < -0.3 is 21.7 Å². The molecular weight excluding hydrogens is 461 g/mol. The van der Waals surface area contributed by atoms with Crippen molar-refractivity contribution in [2.24, 2.45) is 4.99 Å². The average molecular weight is 480 g/mol. The Labute approximate surface area is 200 Å². The summed E-state index contributed by atoms with van der Waals surface area (Å²) in [6, 6.07) is 16.0. The van der Waals surface area contributed by atoms with E-state index in [0.717, 1.165) is 22.4 Å². The molecule has 2 amide bonds. The van der Waals surface area contributed by atoms with E-state index in [9.17, 15) is 9.59 Å². The zero-order valence-corrected chi connectivity index (χ0v) is 18.8. The van der Waals surface area contributed by atoms with Crippen molar-refractivity contribution >= 4 is 57.8 Å². The highest BCUT2D eigenvalue weighted by Gasteiger charge is 2.37. The number of carbonyl (C=O) groups excluding carboxylic acids is 2. The first kappa shape index (κ1) is 21.3. The maximum Gasteiger partial charge on any atom is 0.272 e. The standard InChI is InChI=1S/C24H19Cl2N5O2/c25-17-9-14(10-18(26)19(17)28)23(32)30-22-24(33)31-7-6-13-8-15(27)11-16(21(13)31)20(29-22)12-4-2-1-3-5-12/h1-5,8-11,22H,6-7,27-28H2,(H,30,32). The summed E-state index contributed by atoms with van der Waals surface area (Å²) >= 11 is 12.2. The number of nitrogens with zero attached hydrogens (tertiary/aromatic N) is 2. The third-order valence-corrected chi connectivity index (χ3v) is 6.38. The van der Waals surface area contributed by atoms with Crippen LogP contribution >= 0.6 is 23.2 Å². The SMILES string of the molecule is Nc1cc2c3c(c1)C(c1ccccc1)=NC(NC(=O)c1cc(Cl)c(N)c(Cl)c1)C(=O)N3CC2. The van der Waals surface area contributed by atoms with Gasteiger partial charge >= 0.3 is 0 Å². The molecule has 33 heavy (non-hydrogen) atoms. The van der Waals surface area contributed by atoms with Gasteiger partial charge in [0.2, 0.25) is 6.17 Å². The van der Waals surface area contributed by atoms with Crippen molar-refractivity contribution in [3.8, 4) is 0 Å². The summed E-state index contributed by atoms with van der Waals surface area (Å²) in [6.07, 6.45) is -0.479. The Morgan fingerprint density at radius 1 is 1.06 bits per heavy atom. The minimum Gasteiger partial charge on any atom is -0.399 e. The van der Waals surface area contributed by atoms with Gasteiger partial charge in [-0.25, -0.2) is 4.99 Å². The monoisotopic (exact) mass is 479 g/mol. The maximum absolute atomic E-state index is 13.5. The second-order valence-corrected chi connectivity index (χ2v) is 8.70. The summed E-state index contributed by atoms with van der Waals surface area (Å²) in [4.78, 5) is 32.9. The van der Waals surface area contributed by atoms with Gasteiger partial charge in [0.25, 0.3) is 11.8 Å². The number of hydrogen-bond donors (Lipinski definition) is 3. The molecule has 0 aliphatic carbocycles. The molecule has 0 aromatic heterocycles. The molecule has 3 aromatic rings. The highest BCUT2D eigenvalue weighted by molar-refractivity contribution is 6.39. The van der Waals surface area contributed by atoms with Gasteiger partial charge in [0, 0.05) is 28.9 Å². The summed E-state index contributed by atoms with van der Waals surface area (Å²) in [7, 11) is 0. The molecule has 2 aliphatic rings. The molecule has 2 heterocycles. The first-order valence-corrected chi connectivity index (χ1v) is 11.0. The Balaban J connectivity index is 1.61. The number of nitrogen functional groups attached to an aromatic ring is 2. The summed E-state index contributed by atoms with van der Waals surface area (Å²) in [5, 5.41) is 3.03. The van der Waals surface area contributed by atoms with E-state index in [1.165, 1.54) is 12.1 Å². The van der Waals surface area contributed by atoms with Crippen molar-refractivity contribution in [1.82, 2.24) is 5.32 Å². The molecule has 1 unspecified atom stereocenters. The summed E-state index contributed by atoms with van der Waals surface area (Å²) in [5.41, 5.74) is 16.8. The molecule has 7 nitrogen and oxygen atoms in total. The number of aliphatic imine (C=N–C) groups is 1. The van der Waals surface area contributed by atoms with Gasteiger partial charge in [-0.2, -0.15) is 0 Å². The van der Waals surface area contributed by atoms with Crippen molar-refractivity contribution in [2.75, 3.05) is 22.9 Å². The Morgan fingerprint density at radius 2 is 1.76 bits per heavy atom. The number of hydrogen-bond acceptors (Lipinski definition) is 5. The molecule has 3 aromatic carbocycles. The van der Waals surface area contributed by atoms with Crippen molar-refractivity contribution < 1.29 is 9.59 Å². The molecule has 0 radical (unpaired) electrons. The van der Waals surface area contributed by atoms with E-state index in [1.807, 2.05) is 42.5 Å². The highest BCUT2D eigenvalue weighted by atomic mass is 35.5. The number of halogens is 2. The summed E-state index contributed by atoms with van der Waals surface area (Å²) < 4.78 is 0. The van der Waals surface area contributed by atoms with Crippen LogP contribution in [-0.4, -0.2) is 30.2 Å². The molecule has 5 rings (SSSR count). The van der Waals surface area contributed by atoms with Crippen LogP contribution in [0.3, 0.4) is 0 Å². The molecular formula is C24H19Cl2N5O2. The average Bonchev–Trinajstić information content (AvgIpc) is 3.18. The van der Waals surface area contributed by atoms with Gasteiger partial charge in [-0.1, -0.05) is 53.5 Å². The minimum absolute atomic E-state index is 0.153. The van der Waals surface area contributed by atoms with E-state index in [0.29, 0.717) is 24.4 Å². The third kappa shape index (κ3) is 3.69. The Bertz CT molecular complexity index is 1320. The number of rotatable bonds is 3. The Morgan fingerprint density at radius 3 is 2.45 bits per heavy atom. The minimum atomic E-state index is -1.15. The normalized spacial score (nSPS) is 16.8. The van der Waals surface area contributed by atoms with Gasteiger partial charge in [0.15, 0.2) is 0 Å². The van der Waals surface area contributed by atoms with Gasteiger partial charge in [0.05, 0.1) is 27.1 Å². The van der Waals surface area contributed by atoms with Crippen LogP contribution in [0.4, 0.5) is 17.1 Å². The fourth-order valence-corrected chi connectivity index (χ4v) is 4.70. The van der Waals surface area contributed by atoms with Crippen LogP contribution in [0.1, 0.15) is 27.0 Å². The number of nitrogens with one attached hydrogen (secondary N) is 1. The number of anilines is 3. The molecule has 5 N–H and O–H groups in total. The molecule has 1 atom stereocenters. The lowest BCUT2D eigenvalue weighted by Crippen LogP contribution is -2.47. The summed E-state index contributed by atoms with van der Waals surface area (Å²) in [6.45, 7) is 0.480. The number of carbonyl (C=O) groups is 2. The number of nitrogens with two attached hydrogens (primary N) is 2. The molecule has 0 saturated heterocycles. The summed E-state index contributed by atoms with van der Waals surface area (Å²) in [5.74, 6) is -0.870. The van der Waals surface area contributed by atoms with Crippen LogP contribution in [-0.2, 0) is 11.2 Å². The fraction of sp³-hybridized carbons (Fsp3) is 0.125. The predicted molar refractivity (Wildman–Crippen MR) is 131 cm³/mol. The van der Waals surface area contributed by atoms with E-state index < -0.39 is 12.1 Å². The molecule has 0 spiro atoms. The fourth-order valence-electron chi connectivity index (χ4n) is 4.22. The van der Waals surface area contributed by atoms with E-state index in [2.05, 4.69) is 5.32 Å². The smallest absolute Gasteiger partial charge is 0.272 e.